The number of amides is 1. The van der Waals surface area contributed by atoms with E-state index in [0.717, 1.165) is 12.0 Å². The second-order valence-electron chi connectivity index (χ2n) is 5.32. The number of methoxy groups -OCH3 is 1. The predicted molar refractivity (Wildman–Crippen MR) is 102 cm³/mol. The van der Waals surface area contributed by atoms with Gasteiger partial charge in [-0.3, -0.25) is 4.79 Å². The van der Waals surface area contributed by atoms with Crippen molar-refractivity contribution in [1.82, 2.24) is 0 Å². The largest absolute Gasteiger partial charge is 0.493 e. The Morgan fingerprint density at radius 1 is 1.19 bits per heavy atom. The number of ether oxygens (including phenoxy) is 2. The molecule has 6 nitrogen and oxygen atoms in total. The molecule has 0 fully saturated rings. The third-order valence-corrected chi connectivity index (χ3v) is 3.50. The van der Waals surface area contributed by atoms with Crippen molar-refractivity contribution in [2.45, 2.75) is 13.3 Å². The van der Waals surface area contributed by atoms with E-state index in [1.807, 2.05) is 19.1 Å². The quantitative estimate of drug-likeness (QED) is 0.527. The van der Waals surface area contributed by atoms with Gasteiger partial charge in [-0.15, -0.1) is 0 Å². The van der Waals surface area contributed by atoms with Crippen LogP contribution in [-0.2, 0) is 9.63 Å². The molecule has 0 unspecified atom stereocenters. The molecule has 0 saturated carbocycles. The summed E-state index contributed by atoms with van der Waals surface area (Å²) in [5.74, 6) is 0.975. The molecule has 2 aromatic carbocycles. The molecule has 0 aliphatic heterocycles. The molecule has 0 aliphatic carbocycles. The Kier molecular flexibility index (Phi) is 7.76. The summed E-state index contributed by atoms with van der Waals surface area (Å²) in [7, 11) is 1.58. The number of carbonyl (C=O) groups excluding carboxylic acids is 1. The molecule has 0 bridgehead atoms. The summed E-state index contributed by atoms with van der Waals surface area (Å²) in [6.45, 7) is 2.46. The van der Waals surface area contributed by atoms with Crippen LogP contribution in [0.5, 0.6) is 11.5 Å². The van der Waals surface area contributed by atoms with E-state index in [-0.39, 0.29) is 12.5 Å². The molecule has 2 aromatic rings. The van der Waals surface area contributed by atoms with Crippen LogP contribution in [0.1, 0.15) is 18.9 Å². The third kappa shape index (κ3) is 6.29. The fraction of sp³-hybridized carbons (Fsp3) is 0.263. The monoisotopic (exact) mass is 376 g/mol. The Labute approximate surface area is 157 Å². The van der Waals surface area contributed by atoms with Gasteiger partial charge in [-0.2, -0.15) is 0 Å². The van der Waals surface area contributed by atoms with Crippen LogP contribution in [0.15, 0.2) is 47.6 Å². The van der Waals surface area contributed by atoms with E-state index >= 15 is 0 Å². The summed E-state index contributed by atoms with van der Waals surface area (Å²) < 4.78 is 10.9. The Bertz CT molecular complexity index is 748. The zero-order chi connectivity index (χ0) is 18.8. The van der Waals surface area contributed by atoms with E-state index in [1.165, 1.54) is 6.21 Å². The van der Waals surface area contributed by atoms with E-state index in [9.17, 15) is 4.79 Å². The fourth-order valence-electron chi connectivity index (χ4n) is 2.02. The van der Waals surface area contributed by atoms with Crippen molar-refractivity contribution in [1.29, 1.82) is 0 Å². The van der Waals surface area contributed by atoms with Crippen molar-refractivity contribution in [3.05, 3.63) is 53.1 Å². The SMILES string of the molecule is CCCOc1ccc(/C=N\OCC(=O)Nc2ccc(Cl)cc2)cc1OC. The molecule has 0 aliphatic rings. The number of hydrogen-bond acceptors (Lipinski definition) is 5. The summed E-state index contributed by atoms with van der Waals surface area (Å²) >= 11 is 5.79. The maximum absolute atomic E-state index is 11.8. The van der Waals surface area contributed by atoms with Crippen LogP contribution in [0.2, 0.25) is 5.02 Å². The Hall–Kier alpha value is -2.73. The third-order valence-electron chi connectivity index (χ3n) is 3.25. The van der Waals surface area contributed by atoms with Gasteiger partial charge in [-0.1, -0.05) is 23.7 Å². The number of anilines is 1. The average molecular weight is 377 g/mol. The first kappa shape index (κ1) is 19.6. The number of oxime groups is 1. The minimum atomic E-state index is -0.314. The molecule has 0 heterocycles. The second-order valence-corrected chi connectivity index (χ2v) is 5.76. The van der Waals surface area contributed by atoms with Gasteiger partial charge in [-0.25, -0.2) is 0 Å². The van der Waals surface area contributed by atoms with Crippen LogP contribution < -0.4 is 14.8 Å². The average Bonchev–Trinajstić information content (AvgIpc) is 2.65. The number of hydrogen-bond donors (Lipinski definition) is 1. The van der Waals surface area contributed by atoms with Gasteiger partial charge in [0, 0.05) is 16.3 Å². The smallest absolute Gasteiger partial charge is 0.265 e. The Balaban J connectivity index is 1.83. The first-order chi connectivity index (χ1) is 12.6. The number of nitrogens with zero attached hydrogens (tertiary/aromatic N) is 1. The van der Waals surface area contributed by atoms with E-state index in [0.29, 0.717) is 28.8 Å². The summed E-state index contributed by atoms with van der Waals surface area (Å²) in [6.07, 6.45) is 2.42. The fourth-order valence-corrected chi connectivity index (χ4v) is 2.15. The lowest BCUT2D eigenvalue weighted by Gasteiger charge is -2.10. The van der Waals surface area contributed by atoms with Crippen molar-refractivity contribution < 1.29 is 19.1 Å². The van der Waals surface area contributed by atoms with E-state index in [4.69, 9.17) is 25.9 Å². The molecular formula is C19H21ClN2O4. The van der Waals surface area contributed by atoms with Gasteiger partial charge in [0.2, 0.25) is 0 Å². The maximum Gasteiger partial charge on any atom is 0.265 e. The highest BCUT2D eigenvalue weighted by molar-refractivity contribution is 6.30. The van der Waals surface area contributed by atoms with Crippen molar-refractivity contribution in [2.24, 2.45) is 5.16 Å². The van der Waals surface area contributed by atoms with Crippen LogP contribution in [0, 0.1) is 0 Å². The van der Waals surface area contributed by atoms with Crippen LogP contribution in [-0.4, -0.2) is 32.4 Å². The zero-order valence-corrected chi connectivity index (χ0v) is 15.5. The highest BCUT2D eigenvalue weighted by Gasteiger charge is 2.05. The minimum Gasteiger partial charge on any atom is -0.493 e. The zero-order valence-electron chi connectivity index (χ0n) is 14.7. The van der Waals surface area contributed by atoms with Crippen molar-refractivity contribution in [2.75, 3.05) is 25.6 Å². The molecule has 1 amide bonds. The van der Waals surface area contributed by atoms with Crippen LogP contribution >= 0.6 is 11.6 Å². The first-order valence-electron chi connectivity index (χ1n) is 8.14. The molecule has 0 spiro atoms. The van der Waals surface area contributed by atoms with Gasteiger partial charge in [0.15, 0.2) is 18.1 Å². The van der Waals surface area contributed by atoms with E-state index in [2.05, 4.69) is 10.5 Å². The highest BCUT2D eigenvalue weighted by Crippen LogP contribution is 2.27. The lowest BCUT2D eigenvalue weighted by molar-refractivity contribution is -0.120. The number of carbonyl (C=O) groups is 1. The topological polar surface area (TPSA) is 69.2 Å². The summed E-state index contributed by atoms with van der Waals surface area (Å²) in [4.78, 5) is 16.8. The lowest BCUT2D eigenvalue weighted by Crippen LogP contribution is -2.16. The molecule has 0 radical (unpaired) electrons. The predicted octanol–water partition coefficient (Wildman–Crippen LogP) is 4.13. The Morgan fingerprint density at radius 2 is 1.96 bits per heavy atom. The van der Waals surface area contributed by atoms with Crippen molar-refractivity contribution in [3.8, 4) is 11.5 Å². The van der Waals surface area contributed by atoms with E-state index in [1.54, 1.807) is 37.4 Å². The van der Waals surface area contributed by atoms with Gasteiger partial charge in [0.25, 0.3) is 5.91 Å². The standard InChI is InChI=1S/C19H21ClN2O4/c1-3-10-25-17-9-4-14(11-18(17)24-2)12-21-26-13-19(23)22-16-7-5-15(20)6-8-16/h4-9,11-12H,3,10,13H2,1-2H3,(H,22,23)/b21-12-. The lowest BCUT2D eigenvalue weighted by atomic mass is 10.2. The maximum atomic E-state index is 11.8. The molecule has 0 saturated heterocycles. The first-order valence-corrected chi connectivity index (χ1v) is 8.51. The normalized spacial score (nSPS) is 10.6. The van der Waals surface area contributed by atoms with Gasteiger partial charge in [0.1, 0.15) is 0 Å². The van der Waals surface area contributed by atoms with Crippen LogP contribution in [0.4, 0.5) is 5.69 Å². The van der Waals surface area contributed by atoms with Gasteiger partial charge in [0.05, 0.1) is 19.9 Å². The summed E-state index contributed by atoms with van der Waals surface area (Å²) in [5, 5.41) is 7.08. The number of halogens is 1. The number of nitrogens with one attached hydrogen (secondary N) is 1. The van der Waals surface area contributed by atoms with Gasteiger partial charge >= 0.3 is 0 Å². The molecule has 1 N–H and O–H groups in total. The second kappa shape index (κ2) is 10.3. The van der Waals surface area contributed by atoms with Crippen molar-refractivity contribution >= 4 is 29.4 Å². The number of rotatable bonds is 9. The minimum absolute atomic E-state index is 0.200. The number of benzene rings is 2. The highest BCUT2D eigenvalue weighted by atomic mass is 35.5. The molecule has 0 aromatic heterocycles. The van der Waals surface area contributed by atoms with E-state index < -0.39 is 0 Å². The van der Waals surface area contributed by atoms with Gasteiger partial charge < -0.3 is 19.6 Å². The molecule has 0 atom stereocenters. The molecular weight excluding hydrogens is 356 g/mol. The molecule has 7 heteroatoms. The Morgan fingerprint density at radius 3 is 2.65 bits per heavy atom. The van der Waals surface area contributed by atoms with Crippen LogP contribution in [0.25, 0.3) is 0 Å². The summed E-state index contributed by atoms with van der Waals surface area (Å²) in [5.41, 5.74) is 1.41. The van der Waals surface area contributed by atoms with Crippen molar-refractivity contribution in [3.63, 3.8) is 0 Å². The van der Waals surface area contributed by atoms with Crippen LogP contribution in [0.3, 0.4) is 0 Å². The molecule has 138 valence electrons. The van der Waals surface area contributed by atoms with Gasteiger partial charge in [-0.05, 0) is 48.9 Å². The summed E-state index contributed by atoms with van der Waals surface area (Å²) in [6, 6.07) is 12.2. The molecule has 26 heavy (non-hydrogen) atoms. The molecule has 2 rings (SSSR count).